The van der Waals surface area contributed by atoms with Crippen LogP contribution in [0.1, 0.15) is 61.2 Å². The zero-order valence-corrected chi connectivity index (χ0v) is 36.8. The summed E-state index contributed by atoms with van der Waals surface area (Å²) in [7, 11) is -11.1. The first-order chi connectivity index (χ1) is 24.2. The lowest BCUT2D eigenvalue weighted by Gasteiger charge is -2.37. The van der Waals surface area contributed by atoms with E-state index in [9.17, 15) is 0 Å². The predicted octanol–water partition coefficient (Wildman–Crippen LogP) is 9.89. The summed E-state index contributed by atoms with van der Waals surface area (Å²) < 4.78 is 55.4. The summed E-state index contributed by atoms with van der Waals surface area (Å²) in [5.41, 5.74) is 11.7. The third-order valence-electron chi connectivity index (χ3n) is 10.3. The normalized spacial score (nSPS) is 19.3. The Kier molecular flexibility index (Phi) is 7.83. The van der Waals surface area contributed by atoms with Crippen LogP contribution in [0.4, 0.5) is 0 Å². The Labute approximate surface area is 312 Å². The second-order valence-corrected chi connectivity index (χ2v) is 29.5. The molecule has 7 heterocycles. The topological polar surface area (TPSA) is 73.8 Å². The molecule has 274 valence electrons. The molecule has 0 saturated heterocycles. The van der Waals surface area contributed by atoms with Crippen molar-refractivity contribution in [2.75, 3.05) is 0 Å². The molecule has 0 amide bonds. The highest BCUT2D eigenvalue weighted by molar-refractivity contribution is 6.67. The van der Waals surface area contributed by atoms with Gasteiger partial charge in [0.05, 0.1) is 0 Å². The van der Waals surface area contributed by atoms with Crippen molar-refractivity contribution < 1.29 is 35.4 Å². The fraction of sp³-hybridized carbons (Fsp3) is 0.400. The van der Waals surface area contributed by atoms with Gasteiger partial charge in [0.25, 0.3) is 0 Å². The van der Waals surface area contributed by atoms with E-state index in [1.165, 1.54) is 0 Å². The van der Waals surface area contributed by atoms with Crippen LogP contribution in [0, 0.1) is 34.6 Å². The number of rotatable bonds is 0. The van der Waals surface area contributed by atoms with Crippen LogP contribution >= 0.6 is 0 Å². The highest BCUT2D eigenvalue weighted by Crippen LogP contribution is 2.49. The first-order valence-electron chi connectivity index (χ1n) is 18.3. The lowest BCUT2D eigenvalue weighted by atomic mass is 9.90. The van der Waals surface area contributed by atoms with Crippen LogP contribution in [0.15, 0.2) is 30.3 Å². The average Bonchev–Trinajstić information content (AvgIpc) is 3.01. The lowest BCUT2D eigenvalue weighted by molar-refractivity contribution is 0.365. The predicted molar refractivity (Wildman–Crippen MR) is 213 cm³/mol. The third kappa shape index (κ3) is 6.01. The van der Waals surface area contributed by atoms with E-state index in [-0.39, 0.29) is 0 Å². The minimum atomic E-state index is -2.81. The minimum Gasteiger partial charge on any atom is -0.512 e. The zero-order chi connectivity index (χ0) is 37.3. The molecule has 0 fully saturated rings. The van der Waals surface area contributed by atoms with E-state index < -0.39 is 34.2 Å². The molecule has 0 aromatic heterocycles. The molecular formula is C40H50O8Si4. The Hall–Kier alpha value is -3.85. The number of hydrogen-bond donors (Lipinski definition) is 0. The van der Waals surface area contributed by atoms with Gasteiger partial charge in [-0.1, -0.05) is 6.07 Å². The van der Waals surface area contributed by atoms with Gasteiger partial charge in [0.2, 0.25) is 0 Å². The molecule has 52 heavy (non-hydrogen) atoms. The summed E-state index contributed by atoms with van der Waals surface area (Å²) in [5.74, 6) is 6.66. The van der Waals surface area contributed by atoms with Crippen LogP contribution in [-0.2, 0) is 19.3 Å². The van der Waals surface area contributed by atoms with Crippen molar-refractivity contribution in [2.45, 2.75) is 106 Å². The number of hydrogen-bond acceptors (Lipinski definition) is 8. The Bertz CT molecular complexity index is 2200. The number of benzene rings is 4. The largest absolute Gasteiger partial charge is 0.512 e. The highest BCUT2D eigenvalue weighted by atomic mass is 28.4. The molecule has 8 nitrogen and oxygen atoms in total. The molecular weight excluding hydrogens is 721 g/mol. The van der Waals surface area contributed by atoms with E-state index in [1.54, 1.807) is 0 Å². The van der Waals surface area contributed by atoms with Gasteiger partial charge in [-0.3, -0.25) is 0 Å². The van der Waals surface area contributed by atoms with Gasteiger partial charge in [0, 0.05) is 93.9 Å². The molecule has 0 aliphatic carbocycles. The van der Waals surface area contributed by atoms with Gasteiger partial charge in [-0.15, -0.1) is 0 Å². The minimum absolute atomic E-state index is 0.641. The second-order valence-electron chi connectivity index (χ2n) is 16.7. The van der Waals surface area contributed by atoms with E-state index in [2.05, 4.69) is 117 Å². The third-order valence-corrected chi connectivity index (χ3v) is 15.9. The van der Waals surface area contributed by atoms with E-state index in [1.807, 2.05) is 0 Å². The molecule has 7 aliphatic rings. The van der Waals surface area contributed by atoms with E-state index >= 15 is 0 Å². The fourth-order valence-corrected chi connectivity index (χ4v) is 14.6. The van der Waals surface area contributed by atoms with Crippen LogP contribution in [0.5, 0.6) is 46.0 Å². The Morgan fingerprint density at radius 1 is 0.346 bits per heavy atom. The number of aryl methyl sites for hydroxylation is 1. The molecule has 4 aromatic rings. The van der Waals surface area contributed by atoms with Crippen molar-refractivity contribution in [3.8, 4) is 46.0 Å². The molecule has 10 bridgehead atoms. The van der Waals surface area contributed by atoms with Gasteiger partial charge in [0.15, 0.2) is 0 Å². The monoisotopic (exact) mass is 770 g/mol. The summed E-state index contributed by atoms with van der Waals surface area (Å²) in [6.45, 7) is 27.3. The van der Waals surface area contributed by atoms with Crippen LogP contribution in [0.2, 0.25) is 52.4 Å². The van der Waals surface area contributed by atoms with Crippen LogP contribution in [0.3, 0.4) is 0 Å². The molecule has 0 atom stereocenters. The van der Waals surface area contributed by atoms with Gasteiger partial charge < -0.3 is 35.4 Å². The van der Waals surface area contributed by atoms with E-state index in [4.69, 9.17) is 35.4 Å². The van der Waals surface area contributed by atoms with E-state index in [0.29, 0.717) is 19.3 Å². The molecule has 12 heteroatoms. The summed E-state index contributed by atoms with van der Waals surface area (Å²) in [5, 5.41) is 0. The van der Waals surface area contributed by atoms with E-state index in [0.717, 1.165) is 107 Å². The van der Waals surface area contributed by atoms with Gasteiger partial charge in [-0.2, -0.15) is 0 Å². The van der Waals surface area contributed by atoms with Crippen LogP contribution < -0.4 is 35.4 Å². The summed E-state index contributed by atoms with van der Waals surface area (Å²) in [6, 6.07) is 11.1. The Balaban J connectivity index is 1.45. The van der Waals surface area contributed by atoms with Gasteiger partial charge in [0.1, 0.15) is 46.0 Å². The summed E-state index contributed by atoms with van der Waals surface area (Å²) >= 11 is 0. The molecule has 0 N–H and O–H groups in total. The molecule has 7 aliphatic heterocycles. The molecule has 0 unspecified atom stereocenters. The van der Waals surface area contributed by atoms with Crippen molar-refractivity contribution in [1.82, 2.24) is 0 Å². The smallest absolute Gasteiger partial charge is 0.454 e. The van der Waals surface area contributed by atoms with Gasteiger partial charge in [-0.25, -0.2) is 0 Å². The maximum absolute atomic E-state index is 6.97. The van der Waals surface area contributed by atoms with Crippen molar-refractivity contribution in [3.63, 3.8) is 0 Å². The SMILES string of the molecule is Cc1cc2c3c(C)c1O[Si](C)(C)Oc1ccc4c(c1C)O[Si](C)(C)Oc1c(cc5c(c1C)O[Si](C)(C)Oc1c(cc(c(c1C)O[Si](C)(C)O3)C2)C5)C4. The molecule has 11 rings (SSSR count). The first kappa shape index (κ1) is 35.2. The zero-order valence-electron chi connectivity index (χ0n) is 32.8. The quantitative estimate of drug-likeness (QED) is 0.164. The maximum atomic E-state index is 6.97. The molecule has 0 spiro atoms. The molecule has 0 saturated carbocycles. The summed E-state index contributed by atoms with van der Waals surface area (Å²) in [4.78, 5) is 0. The maximum Gasteiger partial charge on any atom is 0.454 e. The standard InChI is InChI=1S/C40H50O8Si4/c1-22-16-28-18-30-20-32-21-31-19-29-17-27-14-15-33-23(2)35(27)43-50(8,9)45-37(29)25(4)39(31)47-52(12,13)48-40(32)26(5)38(30)46-51(10,11)44-36(28)24(3)34(22)42-49(6,7)41-33/h14-16,19-20H,17-18,21H2,1-13H3. The lowest BCUT2D eigenvalue weighted by Crippen LogP contribution is -2.45. The summed E-state index contributed by atoms with van der Waals surface area (Å²) in [6.07, 6.45) is 1.94. The first-order valence-corrected chi connectivity index (χ1v) is 29.5. The second kappa shape index (κ2) is 11.6. The molecule has 0 radical (unpaired) electrons. The Morgan fingerprint density at radius 3 is 1.08 bits per heavy atom. The van der Waals surface area contributed by atoms with Crippen molar-refractivity contribution >= 4 is 34.2 Å². The van der Waals surface area contributed by atoms with Crippen LogP contribution in [-0.4, -0.2) is 34.2 Å². The fourth-order valence-electron chi connectivity index (χ4n) is 8.21. The van der Waals surface area contributed by atoms with Crippen molar-refractivity contribution in [2.24, 2.45) is 0 Å². The average molecular weight is 771 g/mol. The Morgan fingerprint density at radius 2 is 0.654 bits per heavy atom. The van der Waals surface area contributed by atoms with Crippen molar-refractivity contribution in [1.29, 1.82) is 0 Å². The highest BCUT2D eigenvalue weighted by Gasteiger charge is 2.42. The molecule has 4 aromatic carbocycles. The van der Waals surface area contributed by atoms with Gasteiger partial charge in [-0.05, 0) is 97.8 Å². The van der Waals surface area contributed by atoms with Crippen molar-refractivity contribution in [3.05, 3.63) is 91.5 Å². The van der Waals surface area contributed by atoms with Gasteiger partial charge >= 0.3 is 34.2 Å². The van der Waals surface area contributed by atoms with Crippen LogP contribution in [0.25, 0.3) is 0 Å².